The van der Waals surface area contributed by atoms with Crippen molar-refractivity contribution in [2.45, 2.75) is 19.9 Å². The van der Waals surface area contributed by atoms with Gasteiger partial charge in [0.15, 0.2) is 5.96 Å². The number of nitrogens with two attached hydrogens (primary N) is 1. The van der Waals surface area contributed by atoms with Crippen molar-refractivity contribution < 1.29 is 4.74 Å². The van der Waals surface area contributed by atoms with Crippen molar-refractivity contribution in [2.24, 2.45) is 10.7 Å². The third kappa shape index (κ3) is 5.75. The molecule has 0 amide bonds. The first-order valence-corrected chi connectivity index (χ1v) is 8.66. The van der Waals surface area contributed by atoms with Crippen molar-refractivity contribution >= 4 is 41.5 Å². The second-order valence-corrected chi connectivity index (χ2v) is 5.96. The Morgan fingerprint density at radius 3 is 2.50 bits per heavy atom. The molecule has 136 valence electrons. The number of hydrogen-bond donors (Lipinski definition) is 1. The van der Waals surface area contributed by atoms with Crippen LogP contribution in [0.5, 0.6) is 0 Å². The van der Waals surface area contributed by atoms with E-state index < -0.39 is 0 Å². The monoisotopic (exact) mass is 466 g/mol. The SMILES string of the molecule is CCN(CC)C(CN=C(N)N1CCOCC1)c1ccccc1Cl.I. The van der Waals surface area contributed by atoms with Crippen molar-refractivity contribution in [1.82, 2.24) is 9.80 Å². The number of aliphatic imine (C=N–C) groups is 1. The van der Waals surface area contributed by atoms with Crippen molar-refractivity contribution in [3.05, 3.63) is 34.9 Å². The number of benzene rings is 1. The maximum Gasteiger partial charge on any atom is 0.191 e. The first-order valence-electron chi connectivity index (χ1n) is 8.28. The molecule has 1 fully saturated rings. The fraction of sp³-hybridized carbons (Fsp3) is 0.588. The summed E-state index contributed by atoms with van der Waals surface area (Å²) in [5.74, 6) is 0.595. The van der Waals surface area contributed by atoms with Crippen LogP contribution in [0.15, 0.2) is 29.3 Å². The van der Waals surface area contributed by atoms with Crippen LogP contribution in [0.25, 0.3) is 0 Å². The van der Waals surface area contributed by atoms with Crippen LogP contribution in [0.3, 0.4) is 0 Å². The standard InChI is InChI=1S/C17H27ClN4O.HI/c1-3-21(4-2)16(14-7-5-6-8-15(14)18)13-20-17(19)22-9-11-23-12-10-22;/h5-8,16H,3-4,9-13H2,1-2H3,(H2,19,20);1H. The predicted octanol–water partition coefficient (Wildman–Crippen LogP) is 2.99. The van der Waals surface area contributed by atoms with Gasteiger partial charge in [-0.25, -0.2) is 0 Å². The largest absolute Gasteiger partial charge is 0.378 e. The van der Waals surface area contributed by atoms with Gasteiger partial charge in [-0.15, -0.1) is 24.0 Å². The van der Waals surface area contributed by atoms with Crippen LogP contribution >= 0.6 is 35.6 Å². The number of rotatable bonds is 6. The highest BCUT2D eigenvalue weighted by molar-refractivity contribution is 14.0. The fourth-order valence-electron chi connectivity index (χ4n) is 2.89. The van der Waals surface area contributed by atoms with Gasteiger partial charge in [-0.05, 0) is 24.7 Å². The predicted molar refractivity (Wildman–Crippen MR) is 111 cm³/mol. The number of nitrogens with zero attached hydrogens (tertiary/aromatic N) is 3. The van der Waals surface area contributed by atoms with Crippen LogP contribution < -0.4 is 5.73 Å². The Hall–Kier alpha value is -0.570. The molecule has 0 spiro atoms. The van der Waals surface area contributed by atoms with E-state index in [0.29, 0.717) is 25.7 Å². The molecule has 1 aromatic rings. The van der Waals surface area contributed by atoms with Gasteiger partial charge < -0.3 is 15.4 Å². The topological polar surface area (TPSA) is 54.1 Å². The van der Waals surface area contributed by atoms with Gasteiger partial charge in [-0.2, -0.15) is 0 Å². The molecule has 24 heavy (non-hydrogen) atoms. The molecule has 0 radical (unpaired) electrons. The fourth-order valence-corrected chi connectivity index (χ4v) is 3.15. The van der Waals surface area contributed by atoms with Gasteiger partial charge in [0.1, 0.15) is 0 Å². The van der Waals surface area contributed by atoms with E-state index in [-0.39, 0.29) is 30.0 Å². The zero-order chi connectivity index (χ0) is 16.7. The molecule has 7 heteroatoms. The molecule has 1 aromatic carbocycles. The Balaban J connectivity index is 0.00000288. The quantitative estimate of drug-likeness (QED) is 0.398. The second kappa shape index (κ2) is 11.1. The summed E-state index contributed by atoms with van der Waals surface area (Å²) in [5.41, 5.74) is 7.27. The molecule has 2 N–H and O–H groups in total. The van der Waals surface area contributed by atoms with Crippen molar-refractivity contribution in [1.29, 1.82) is 0 Å². The minimum atomic E-state index is 0. The molecule has 5 nitrogen and oxygen atoms in total. The van der Waals surface area contributed by atoms with Gasteiger partial charge in [0.2, 0.25) is 0 Å². The van der Waals surface area contributed by atoms with E-state index in [1.807, 2.05) is 18.2 Å². The van der Waals surface area contributed by atoms with Gasteiger partial charge in [0.05, 0.1) is 25.8 Å². The van der Waals surface area contributed by atoms with Gasteiger partial charge in [0, 0.05) is 18.1 Å². The molecule has 1 heterocycles. The highest BCUT2D eigenvalue weighted by Gasteiger charge is 2.21. The van der Waals surface area contributed by atoms with Gasteiger partial charge in [-0.3, -0.25) is 9.89 Å². The Bertz CT molecular complexity index is 519. The molecular weight excluding hydrogens is 439 g/mol. The summed E-state index contributed by atoms with van der Waals surface area (Å²) in [7, 11) is 0. The Morgan fingerprint density at radius 2 is 1.92 bits per heavy atom. The van der Waals surface area contributed by atoms with Crippen molar-refractivity contribution in [3.63, 3.8) is 0 Å². The lowest BCUT2D eigenvalue weighted by Gasteiger charge is -2.31. The molecule has 1 aliphatic rings. The Labute approximate surface area is 167 Å². The summed E-state index contributed by atoms with van der Waals surface area (Å²) >= 11 is 6.41. The van der Waals surface area contributed by atoms with E-state index in [9.17, 15) is 0 Å². The maximum atomic E-state index is 6.41. The molecule has 0 aliphatic carbocycles. The first kappa shape index (κ1) is 21.5. The molecule has 0 saturated carbocycles. The molecule has 0 bridgehead atoms. The van der Waals surface area contributed by atoms with Crippen molar-refractivity contribution in [3.8, 4) is 0 Å². The van der Waals surface area contributed by atoms with Crippen LogP contribution in [-0.2, 0) is 4.74 Å². The average Bonchev–Trinajstić information content (AvgIpc) is 2.60. The molecule has 1 aliphatic heterocycles. The minimum Gasteiger partial charge on any atom is -0.378 e. The van der Waals surface area contributed by atoms with Crippen LogP contribution in [0.1, 0.15) is 25.5 Å². The lowest BCUT2D eigenvalue weighted by molar-refractivity contribution is 0.0673. The minimum absolute atomic E-state index is 0. The number of hydrogen-bond acceptors (Lipinski definition) is 3. The number of halogens is 2. The van der Waals surface area contributed by atoms with Gasteiger partial charge in [0.25, 0.3) is 0 Å². The van der Waals surface area contributed by atoms with Crippen LogP contribution in [0.4, 0.5) is 0 Å². The van der Waals surface area contributed by atoms with E-state index in [2.05, 4.69) is 34.7 Å². The molecule has 2 rings (SSSR count). The summed E-state index contributed by atoms with van der Waals surface area (Å²) in [5, 5.41) is 0.782. The zero-order valence-electron chi connectivity index (χ0n) is 14.4. The van der Waals surface area contributed by atoms with E-state index in [1.54, 1.807) is 0 Å². The third-order valence-electron chi connectivity index (χ3n) is 4.28. The van der Waals surface area contributed by atoms with Gasteiger partial charge >= 0.3 is 0 Å². The lowest BCUT2D eigenvalue weighted by atomic mass is 10.1. The summed E-state index contributed by atoms with van der Waals surface area (Å²) < 4.78 is 5.36. The van der Waals surface area contributed by atoms with E-state index in [4.69, 9.17) is 22.1 Å². The maximum absolute atomic E-state index is 6.41. The molecule has 1 unspecified atom stereocenters. The van der Waals surface area contributed by atoms with E-state index in [0.717, 1.165) is 36.8 Å². The number of morpholine rings is 1. The number of guanidine groups is 1. The summed E-state index contributed by atoms with van der Waals surface area (Å²) in [6.45, 7) is 9.83. The Morgan fingerprint density at radius 1 is 1.29 bits per heavy atom. The number of ether oxygens (including phenoxy) is 1. The summed E-state index contributed by atoms with van der Waals surface area (Å²) in [6.07, 6.45) is 0. The third-order valence-corrected chi connectivity index (χ3v) is 4.62. The Kier molecular flexibility index (Phi) is 9.95. The molecule has 0 aromatic heterocycles. The van der Waals surface area contributed by atoms with Crippen molar-refractivity contribution in [2.75, 3.05) is 45.9 Å². The lowest BCUT2D eigenvalue weighted by Crippen LogP contribution is -2.45. The van der Waals surface area contributed by atoms with Crippen LogP contribution in [0, 0.1) is 0 Å². The highest BCUT2D eigenvalue weighted by Crippen LogP contribution is 2.27. The molecular formula is C17H28ClIN4O. The normalized spacial score (nSPS) is 16.8. The zero-order valence-corrected chi connectivity index (χ0v) is 17.5. The average molecular weight is 467 g/mol. The van der Waals surface area contributed by atoms with Gasteiger partial charge in [-0.1, -0.05) is 43.6 Å². The molecule has 1 atom stereocenters. The second-order valence-electron chi connectivity index (χ2n) is 5.56. The van der Waals surface area contributed by atoms with Crippen LogP contribution in [-0.4, -0.2) is 61.7 Å². The highest BCUT2D eigenvalue weighted by atomic mass is 127. The summed E-state index contributed by atoms with van der Waals surface area (Å²) in [6, 6.07) is 8.12. The summed E-state index contributed by atoms with van der Waals surface area (Å²) in [4.78, 5) is 9.08. The first-order chi connectivity index (χ1) is 11.2. The van der Waals surface area contributed by atoms with Crippen LogP contribution in [0.2, 0.25) is 5.02 Å². The number of likely N-dealkylation sites (N-methyl/N-ethyl adjacent to an activating group) is 1. The smallest absolute Gasteiger partial charge is 0.191 e. The van der Waals surface area contributed by atoms with E-state index in [1.165, 1.54) is 0 Å². The van der Waals surface area contributed by atoms with E-state index >= 15 is 0 Å². The molecule has 1 saturated heterocycles.